The Hall–Kier alpha value is -1.77. The van der Waals surface area contributed by atoms with Crippen molar-refractivity contribution in [2.75, 3.05) is 19.6 Å². The summed E-state index contributed by atoms with van der Waals surface area (Å²) in [6.07, 6.45) is -3.80. The predicted molar refractivity (Wildman–Crippen MR) is 100.0 cm³/mol. The van der Waals surface area contributed by atoms with Crippen LogP contribution >= 0.6 is 15.9 Å². The zero-order chi connectivity index (χ0) is 20.9. The van der Waals surface area contributed by atoms with Crippen molar-refractivity contribution in [1.29, 1.82) is 0 Å². The molecule has 0 aromatic heterocycles. The smallest absolute Gasteiger partial charge is 0.417 e. The van der Waals surface area contributed by atoms with Gasteiger partial charge in [0.25, 0.3) is 5.91 Å². The molecule has 5 nitrogen and oxygen atoms in total. The third-order valence-corrected chi connectivity index (χ3v) is 5.39. The number of alkyl halides is 3. The van der Waals surface area contributed by atoms with E-state index in [0.29, 0.717) is 17.3 Å². The van der Waals surface area contributed by atoms with Crippen LogP contribution < -0.4 is 0 Å². The standard InChI is InChI=1S/C19H22BrF3N2O3/c1-17(2,3)28-16(27)24-8-9-25(18(11-24)6-7-18)15(26)13-10-12(20)4-5-14(13)19(21,22)23/h4-5,10H,6-9,11H2,1-3H3. The normalized spacial score (nSPS) is 19.0. The minimum Gasteiger partial charge on any atom is -0.444 e. The molecule has 2 aliphatic rings. The van der Waals surface area contributed by atoms with Gasteiger partial charge in [0.15, 0.2) is 0 Å². The number of carbonyl (C=O) groups is 2. The Morgan fingerprint density at radius 1 is 1.14 bits per heavy atom. The van der Waals surface area contributed by atoms with E-state index >= 15 is 0 Å². The molecule has 1 saturated carbocycles. The van der Waals surface area contributed by atoms with Gasteiger partial charge in [-0.3, -0.25) is 4.79 Å². The quantitative estimate of drug-likeness (QED) is 0.607. The van der Waals surface area contributed by atoms with Crippen LogP contribution in [0.15, 0.2) is 22.7 Å². The molecular weight excluding hydrogens is 441 g/mol. The van der Waals surface area contributed by atoms with Crippen molar-refractivity contribution >= 4 is 27.9 Å². The molecule has 1 heterocycles. The molecule has 0 radical (unpaired) electrons. The van der Waals surface area contributed by atoms with Crippen LogP contribution in [-0.4, -0.2) is 52.6 Å². The van der Waals surface area contributed by atoms with Gasteiger partial charge in [-0.05, 0) is 51.8 Å². The molecule has 1 aromatic rings. The lowest BCUT2D eigenvalue weighted by atomic mass is 10.0. The molecule has 1 aromatic carbocycles. The van der Waals surface area contributed by atoms with E-state index in [1.54, 1.807) is 20.8 Å². The highest BCUT2D eigenvalue weighted by atomic mass is 79.9. The maximum atomic E-state index is 13.4. The summed E-state index contributed by atoms with van der Waals surface area (Å²) in [5.74, 6) is -0.657. The van der Waals surface area contributed by atoms with Crippen LogP contribution in [0.2, 0.25) is 0 Å². The van der Waals surface area contributed by atoms with Gasteiger partial charge in [-0.25, -0.2) is 4.79 Å². The summed E-state index contributed by atoms with van der Waals surface area (Å²) in [5.41, 5.74) is -2.58. The van der Waals surface area contributed by atoms with E-state index in [2.05, 4.69) is 15.9 Å². The van der Waals surface area contributed by atoms with Crippen LogP contribution in [0.25, 0.3) is 0 Å². The summed E-state index contributed by atoms with van der Waals surface area (Å²) in [7, 11) is 0. The zero-order valence-corrected chi connectivity index (χ0v) is 17.5. The van der Waals surface area contributed by atoms with E-state index in [1.165, 1.54) is 21.9 Å². The number of benzene rings is 1. The fourth-order valence-corrected chi connectivity index (χ4v) is 3.80. The maximum absolute atomic E-state index is 13.4. The molecule has 0 bridgehead atoms. The van der Waals surface area contributed by atoms with Gasteiger partial charge in [0.05, 0.1) is 16.7 Å². The van der Waals surface area contributed by atoms with E-state index in [4.69, 9.17) is 4.74 Å². The molecule has 154 valence electrons. The second kappa shape index (κ2) is 6.93. The highest BCUT2D eigenvalue weighted by Crippen LogP contribution is 2.46. The Morgan fingerprint density at radius 3 is 2.32 bits per heavy atom. The Labute approximate surface area is 169 Å². The highest BCUT2D eigenvalue weighted by molar-refractivity contribution is 9.10. The fourth-order valence-electron chi connectivity index (χ4n) is 3.44. The van der Waals surface area contributed by atoms with Gasteiger partial charge in [0.1, 0.15) is 5.60 Å². The number of amides is 2. The van der Waals surface area contributed by atoms with Crippen LogP contribution in [0, 0.1) is 0 Å². The lowest BCUT2D eigenvalue weighted by molar-refractivity contribution is -0.138. The van der Waals surface area contributed by atoms with E-state index < -0.39 is 34.9 Å². The average Bonchev–Trinajstić information content (AvgIpc) is 3.31. The first-order chi connectivity index (χ1) is 12.8. The molecule has 0 N–H and O–H groups in total. The lowest BCUT2D eigenvalue weighted by Crippen LogP contribution is -2.58. The number of hydrogen-bond donors (Lipinski definition) is 0. The molecule has 9 heteroatoms. The minimum atomic E-state index is -4.62. The molecule has 1 saturated heterocycles. The molecular formula is C19H22BrF3N2O3. The molecule has 1 aliphatic carbocycles. The van der Waals surface area contributed by atoms with Gasteiger partial charge >= 0.3 is 12.3 Å². The monoisotopic (exact) mass is 462 g/mol. The van der Waals surface area contributed by atoms with Crippen molar-refractivity contribution in [3.63, 3.8) is 0 Å². The number of halogens is 4. The first-order valence-electron chi connectivity index (χ1n) is 8.99. The summed E-state index contributed by atoms with van der Waals surface area (Å²) < 4.78 is 45.9. The van der Waals surface area contributed by atoms with Gasteiger partial charge in [-0.15, -0.1) is 0 Å². The molecule has 0 unspecified atom stereocenters. The first kappa shape index (κ1) is 21.0. The molecule has 2 fully saturated rings. The summed E-state index contributed by atoms with van der Waals surface area (Å²) in [5, 5.41) is 0. The number of nitrogens with zero attached hydrogens (tertiary/aromatic N) is 2. The Morgan fingerprint density at radius 2 is 1.79 bits per heavy atom. The average molecular weight is 463 g/mol. The van der Waals surface area contributed by atoms with Crippen molar-refractivity contribution in [3.05, 3.63) is 33.8 Å². The fraction of sp³-hybridized carbons (Fsp3) is 0.579. The second-order valence-corrected chi connectivity index (χ2v) is 9.19. The first-order valence-corrected chi connectivity index (χ1v) is 9.78. The molecule has 1 aliphatic heterocycles. The van der Waals surface area contributed by atoms with Crippen LogP contribution in [0.1, 0.15) is 49.5 Å². The van der Waals surface area contributed by atoms with Gasteiger partial charge in [0, 0.05) is 24.1 Å². The van der Waals surface area contributed by atoms with Crippen molar-refractivity contribution in [3.8, 4) is 0 Å². The van der Waals surface area contributed by atoms with Crippen LogP contribution in [0.4, 0.5) is 18.0 Å². The highest BCUT2D eigenvalue weighted by Gasteiger charge is 2.55. The number of piperazine rings is 1. The Kier molecular flexibility index (Phi) is 5.19. The maximum Gasteiger partial charge on any atom is 0.417 e. The van der Waals surface area contributed by atoms with E-state index in [9.17, 15) is 22.8 Å². The Bertz CT molecular complexity index is 801. The topological polar surface area (TPSA) is 49.9 Å². The van der Waals surface area contributed by atoms with Gasteiger partial charge < -0.3 is 14.5 Å². The van der Waals surface area contributed by atoms with Crippen molar-refractivity contribution in [1.82, 2.24) is 9.80 Å². The Balaban J connectivity index is 1.83. The van der Waals surface area contributed by atoms with Crippen LogP contribution in [0.3, 0.4) is 0 Å². The number of rotatable bonds is 1. The largest absolute Gasteiger partial charge is 0.444 e. The van der Waals surface area contributed by atoms with Gasteiger partial charge in [-0.2, -0.15) is 13.2 Å². The van der Waals surface area contributed by atoms with Crippen molar-refractivity contribution in [2.45, 2.75) is 50.9 Å². The van der Waals surface area contributed by atoms with E-state index in [-0.39, 0.29) is 25.2 Å². The molecule has 3 rings (SSSR count). The minimum absolute atomic E-state index is 0.169. The third kappa shape index (κ3) is 4.29. The zero-order valence-electron chi connectivity index (χ0n) is 15.9. The number of ether oxygens (including phenoxy) is 1. The lowest BCUT2D eigenvalue weighted by Gasteiger charge is -2.42. The molecule has 0 atom stereocenters. The van der Waals surface area contributed by atoms with Gasteiger partial charge in [0.2, 0.25) is 0 Å². The van der Waals surface area contributed by atoms with Crippen molar-refractivity contribution in [2.24, 2.45) is 0 Å². The number of hydrogen-bond acceptors (Lipinski definition) is 3. The molecule has 1 spiro atoms. The van der Waals surface area contributed by atoms with Crippen LogP contribution in [-0.2, 0) is 10.9 Å². The van der Waals surface area contributed by atoms with Crippen LogP contribution in [0.5, 0.6) is 0 Å². The SMILES string of the molecule is CC(C)(C)OC(=O)N1CCN(C(=O)c2cc(Br)ccc2C(F)(F)F)C2(CC2)C1. The summed E-state index contributed by atoms with van der Waals surface area (Å²) in [4.78, 5) is 28.4. The predicted octanol–water partition coefficient (Wildman–Crippen LogP) is 4.69. The molecule has 28 heavy (non-hydrogen) atoms. The third-order valence-electron chi connectivity index (χ3n) is 4.89. The summed E-state index contributed by atoms with van der Waals surface area (Å²) in [6.45, 7) is 5.96. The van der Waals surface area contributed by atoms with Crippen molar-refractivity contribution < 1.29 is 27.5 Å². The van der Waals surface area contributed by atoms with E-state index in [0.717, 1.165) is 6.07 Å². The number of carbonyl (C=O) groups excluding carboxylic acids is 2. The van der Waals surface area contributed by atoms with E-state index in [1.807, 2.05) is 0 Å². The van der Waals surface area contributed by atoms with Gasteiger partial charge in [-0.1, -0.05) is 15.9 Å². The second-order valence-electron chi connectivity index (χ2n) is 8.27. The molecule has 2 amide bonds. The summed E-state index contributed by atoms with van der Waals surface area (Å²) in [6, 6.07) is 3.39. The summed E-state index contributed by atoms with van der Waals surface area (Å²) >= 11 is 3.15.